The van der Waals surface area contributed by atoms with Crippen molar-refractivity contribution in [3.63, 3.8) is 0 Å². The molecule has 9 heavy (non-hydrogen) atoms. The van der Waals surface area contributed by atoms with Crippen LogP contribution in [0.3, 0.4) is 0 Å². The molecule has 0 aliphatic carbocycles. The monoisotopic (exact) mass is 134 g/mol. The van der Waals surface area contributed by atoms with Crippen molar-refractivity contribution in [1.82, 2.24) is 0 Å². The van der Waals surface area contributed by atoms with Crippen LogP contribution in [-0.4, -0.2) is 31.1 Å². The molecule has 1 unspecified atom stereocenters. The first-order valence-electron chi connectivity index (χ1n) is 3.01. The zero-order chi connectivity index (χ0) is 6.91. The van der Waals surface area contributed by atoms with Crippen molar-refractivity contribution in [2.75, 3.05) is 19.9 Å². The van der Waals surface area contributed by atoms with Crippen LogP contribution < -0.4 is 0 Å². The van der Waals surface area contributed by atoms with E-state index in [9.17, 15) is 4.39 Å². The van der Waals surface area contributed by atoms with Crippen molar-refractivity contribution < 1.29 is 14.2 Å². The maximum absolute atomic E-state index is 11.8. The second-order valence-electron chi connectivity index (χ2n) is 2.82. The number of hydrogen-bond acceptors (Lipinski definition) is 2. The summed E-state index contributed by atoms with van der Waals surface area (Å²) in [5.74, 6) is 0. The first-order chi connectivity index (χ1) is 4.19. The molecule has 1 saturated heterocycles. The van der Waals surface area contributed by atoms with Crippen molar-refractivity contribution in [3.8, 4) is 0 Å². The fourth-order valence-corrected chi connectivity index (χ4v) is 0.803. The number of aliphatic hydroxyl groups excluding tert-OH is 1. The van der Waals surface area contributed by atoms with Gasteiger partial charge in [0.25, 0.3) is 0 Å². The lowest BCUT2D eigenvalue weighted by Gasteiger charge is -2.40. The molecule has 2 nitrogen and oxygen atoms in total. The highest BCUT2D eigenvalue weighted by Crippen LogP contribution is 2.30. The molecule has 54 valence electrons. The topological polar surface area (TPSA) is 29.5 Å². The average molecular weight is 134 g/mol. The Labute approximate surface area is 53.6 Å². The van der Waals surface area contributed by atoms with E-state index in [1.54, 1.807) is 0 Å². The minimum absolute atomic E-state index is 0.311. The molecule has 1 N–H and O–H groups in total. The van der Waals surface area contributed by atoms with Crippen molar-refractivity contribution in [2.24, 2.45) is 5.41 Å². The molecule has 1 fully saturated rings. The Morgan fingerprint density at radius 1 is 1.78 bits per heavy atom. The molecule has 1 heterocycles. The number of rotatable bonds is 2. The van der Waals surface area contributed by atoms with Gasteiger partial charge in [0, 0.05) is 5.41 Å². The number of halogens is 1. The van der Waals surface area contributed by atoms with Gasteiger partial charge in [0.15, 0.2) is 0 Å². The predicted octanol–water partition coefficient (Wildman–Crippen LogP) is 0.353. The molecular formula is C6H11FO2. The van der Waals surface area contributed by atoms with Crippen molar-refractivity contribution >= 4 is 0 Å². The van der Waals surface area contributed by atoms with E-state index in [-0.39, 0.29) is 5.41 Å². The summed E-state index contributed by atoms with van der Waals surface area (Å²) in [5.41, 5.74) is -0.311. The van der Waals surface area contributed by atoms with E-state index >= 15 is 0 Å². The van der Waals surface area contributed by atoms with Gasteiger partial charge in [0.2, 0.25) is 0 Å². The Morgan fingerprint density at radius 2 is 2.33 bits per heavy atom. The quantitative estimate of drug-likeness (QED) is 0.590. The third-order valence-corrected chi connectivity index (χ3v) is 1.81. The highest BCUT2D eigenvalue weighted by molar-refractivity contribution is 4.87. The molecule has 0 spiro atoms. The maximum atomic E-state index is 11.8. The van der Waals surface area contributed by atoms with Crippen LogP contribution in [0.2, 0.25) is 0 Å². The average Bonchev–Trinajstić information content (AvgIpc) is 1.81. The van der Waals surface area contributed by atoms with E-state index in [4.69, 9.17) is 9.84 Å². The minimum Gasteiger partial charge on any atom is -0.390 e. The van der Waals surface area contributed by atoms with Gasteiger partial charge >= 0.3 is 0 Å². The lowest BCUT2D eigenvalue weighted by Crippen LogP contribution is -2.49. The largest absolute Gasteiger partial charge is 0.390 e. The van der Waals surface area contributed by atoms with Crippen LogP contribution in [-0.2, 0) is 4.74 Å². The normalized spacial score (nSPS) is 27.0. The summed E-state index contributed by atoms with van der Waals surface area (Å²) in [6, 6.07) is 0. The van der Waals surface area contributed by atoms with E-state index in [0.717, 1.165) is 0 Å². The van der Waals surface area contributed by atoms with Gasteiger partial charge in [0.1, 0.15) is 6.67 Å². The predicted molar refractivity (Wildman–Crippen MR) is 30.9 cm³/mol. The summed E-state index contributed by atoms with van der Waals surface area (Å²) < 4.78 is 16.6. The number of aliphatic hydroxyl groups is 1. The Hall–Kier alpha value is -0.150. The lowest BCUT2D eigenvalue weighted by atomic mass is 9.83. The smallest absolute Gasteiger partial charge is 0.116 e. The standard InChI is InChI=1S/C6H11FO2/c1-6(3-9-4-6)5(8)2-7/h5,8H,2-4H2,1H3. The van der Waals surface area contributed by atoms with Crippen LogP contribution >= 0.6 is 0 Å². The molecular weight excluding hydrogens is 123 g/mol. The fraction of sp³-hybridized carbons (Fsp3) is 1.00. The number of hydrogen-bond donors (Lipinski definition) is 1. The van der Waals surface area contributed by atoms with Gasteiger partial charge in [0.05, 0.1) is 19.3 Å². The Kier molecular flexibility index (Phi) is 1.73. The van der Waals surface area contributed by atoms with E-state index in [1.807, 2.05) is 6.92 Å². The first-order valence-corrected chi connectivity index (χ1v) is 3.01. The molecule has 0 amide bonds. The third-order valence-electron chi connectivity index (χ3n) is 1.81. The Bertz CT molecular complexity index is 101. The van der Waals surface area contributed by atoms with Crippen LogP contribution in [0.25, 0.3) is 0 Å². The first kappa shape index (κ1) is 6.96. The molecule has 3 heteroatoms. The van der Waals surface area contributed by atoms with Gasteiger partial charge in [-0.15, -0.1) is 0 Å². The zero-order valence-electron chi connectivity index (χ0n) is 5.43. The van der Waals surface area contributed by atoms with Crippen LogP contribution in [0.4, 0.5) is 4.39 Å². The van der Waals surface area contributed by atoms with E-state index in [0.29, 0.717) is 13.2 Å². The summed E-state index contributed by atoms with van der Waals surface area (Å²) in [6.07, 6.45) is -0.841. The summed E-state index contributed by atoms with van der Waals surface area (Å²) >= 11 is 0. The van der Waals surface area contributed by atoms with Gasteiger partial charge in [-0.05, 0) is 0 Å². The fourth-order valence-electron chi connectivity index (χ4n) is 0.803. The Morgan fingerprint density at radius 3 is 2.44 bits per heavy atom. The van der Waals surface area contributed by atoms with Gasteiger partial charge in [-0.2, -0.15) is 0 Å². The van der Waals surface area contributed by atoms with Crippen LogP contribution in [0, 0.1) is 5.41 Å². The summed E-state index contributed by atoms with van der Waals surface area (Å²) in [4.78, 5) is 0. The molecule has 1 atom stereocenters. The molecule has 0 radical (unpaired) electrons. The van der Waals surface area contributed by atoms with Crippen LogP contribution in [0.5, 0.6) is 0 Å². The van der Waals surface area contributed by atoms with Gasteiger partial charge in [-0.1, -0.05) is 6.92 Å². The zero-order valence-corrected chi connectivity index (χ0v) is 5.43. The molecule has 0 aromatic rings. The van der Waals surface area contributed by atoms with Crippen molar-refractivity contribution in [2.45, 2.75) is 13.0 Å². The second-order valence-corrected chi connectivity index (χ2v) is 2.82. The summed E-state index contributed by atoms with van der Waals surface area (Å²) in [5, 5.41) is 8.98. The van der Waals surface area contributed by atoms with Gasteiger partial charge in [-0.25, -0.2) is 4.39 Å². The highest BCUT2D eigenvalue weighted by Gasteiger charge is 2.40. The minimum atomic E-state index is -0.841. The number of alkyl halides is 1. The van der Waals surface area contributed by atoms with Gasteiger partial charge < -0.3 is 9.84 Å². The van der Waals surface area contributed by atoms with E-state index in [2.05, 4.69) is 0 Å². The molecule has 1 rings (SSSR count). The van der Waals surface area contributed by atoms with E-state index < -0.39 is 12.8 Å². The Balaban J connectivity index is 2.38. The molecule has 0 saturated carbocycles. The second kappa shape index (κ2) is 2.23. The maximum Gasteiger partial charge on any atom is 0.116 e. The van der Waals surface area contributed by atoms with Crippen molar-refractivity contribution in [1.29, 1.82) is 0 Å². The summed E-state index contributed by atoms with van der Waals surface area (Å²) in [7, 11) is 0. The highest BCUT2D eigenvalue weighted by atomic mass is 19.1. The molecule has 0 bridgehead atoms. The molecule has 1 aliphatic rings. The van der Waals surface area contributed by atoms with Crippen LogP contribution in [0.15, 0.2) is 0 Å². The van der Waals surface area contributed by atoms with Crippen LogP contribution in [0.1, 0.15) is 6.92 Å². The molecule has 0 aromatic carbocycles. The van der Waals surface area contributed by atoms with E-state index in [1.165, 1.54) is 0 Å². The number of ether oxygens (including phenoxy) is 1. The summed E-state index contributed by atoms with van der Waals surface area (Å²) in [6.45, 7) is 2.12. The van der Waals surface area contributed by atoms with Gasteiger partial charge in [-0.3, -0.25) is 0 Å². The van der Waals surface area contributed by atoms with Crippen molar-refractivity contribution in [3.05, 3.63) is 0 Å². The molecule has 1 aliphatic heterocycles. The molecule has 0 aromatic heterocycles. The lowest BCUT2D eigenvalue weighted by molar-refractivity contribution is -0.164. The third kappa shape index (κ3) is 1.07. The SMILES string of the molecule is CC1(C(O)CF)COC1.